The van der Waals surface area contributed by atoms with Gasteiger partial charge < -0.3 is 4.74 Å². The molecule has 0 aliphatic heterocycles. The van der Waals surface area contributed by atoms with Crippen LogP contribution in [-0.4, -0.2) is 24.1 Å². The van der Waals surface area contributed by atoms with Gasteiger partial charge in [-0.3, -0.25) is 0 Å². The predicted molar refractivity (Wildman–Crippen MR) is 124 cm³/mol. The highest BCUT2D eigenvalue weighted by atomic mass is 16.5. The molecule has 0 aliphatic carbocycles. The first-order valence-corrected chi connectivity index (χ1v) is 10.6. The molecule has 7 heteroatoms. The molecule has 2 aromatic heterocycles. The number of benzene rings is 2. The molecule has 0 aliphatic rings. The van der Waals surface area contributed by atoms with E-state index in [2.05, 4.69) is 10.2 Å². The minimum Gasteiger partial charge on any atom is -0.472 e. The summed E-state index contributed by atoms with van der Waals surface area (Å²) in [5, 5.41) is 8.64. The Hall–Kier alpha value is -3.61. The third-order valence-corrected chi connectivity index (χ3v) is 4.28. The molecule has 2 heterocycles. The van der Waals surface area contributed by atoms with E-state index >= 15 is 0 Å². The van der Waals surface area contributed by atoms with Gasteiger partial charge in [-0.15, -0.1) is 5.10 Å². The second-order valence-corrected chi connectivity index (χ2v) is 6.14. The van der Waals surface area contributed by atoms with E-state index in [4.69, 9.17) is 4.74 Å². The molecule has 0 amide bonds. The molecule has 0 saturated carbocycles. The molecule has 0 N–H and O–H groups in total. The molecular weight excluding hydrogens is 390 g/mol. The molecule has 4 aromatic rings. The van der Waals surface area contributed by atoms with Gasteiger partial charge in [0.15, 0.2) is 0 Å². The number of nitrogens with zero attached hydrogens (tertiary/aromatic N) is 5. The third kappa shape index (κ3) is 5.51. The first kappa shape index (κ1) is 23.7. The number of hydrogen-bond donors (Lipinski definition) is 0. The van der Waals surface area contributed by atoms with Crippen molar-refractivity contribution in [3.05, 3.63) is 88.7 Å². The minimum atomic E-state index is -0.187. The fourth-order valence-corrected chi connectivity index (χ4v) is 2.98. The first-order chi connectivity index (χ1) is 15.1. The van der Waals surface area contributed by atoms with Crippen molar-refractivity contribution in [2.45, 2.75) is 41.2 Å². The van der Waals surface area contributed by atoms with Crippen molar-refractivity contribution in [2.75, 3.05) is 0 Å². The third-order valence-electron chi connectivity index (χ3n) is 4.28. The Bertz CT molecular complexity index is 1130. The van der Waals surface area contributed by atoms with E-state index in [-0.39, 0.29) is 5.69 Å². The van der Waals surface area contributed by atoms with Crippen molar-refractivity contribution in [2.24, 2.45) is 7.05 Å². The molecule has 0 radical (unpaired) electrons. The van der Waals surface area contributed by atoms with Crippen molar-refractivity contribution in [1.29, 1.82) is 0 Å². The Balaban J connectivity index is 0.000000807. The Morgan fingerprint density at radius 2 is 1.52 bits per heavy atom. The van der Waals surface area contributed by atoms with Crippen LogP contribution >= 0.6 is 0 Å². The van der Waals surface area contributed by atoms with Gasteiger partial charge in [0.25, 0.3) is 0 Å². The van der Waals surface area contributed by atoms with E-state index in [1.54, 1.807) is 23.2 Å². The van der Waals surface area contributed by atoms with Crippen LogP contribution in [-0.2, 0) is 13.7 Å². The zero-order chi connectivity index (χ0) is 22.8. The summed E-state index contributed by atoms with van der Waals surface area (Å²) in [4.78, 5) is 12.4. The maximum absolute atomic E-state index is 12.4. The highest BCUT2D eigenvalue weighted by Gasteiger charge is 2.13. The highest BCUT2D eigenvalue weighted by Crippen LogP contribution is 2.18. The molecule has 0 unspecified atom stereocenters. The van der Waals surface area contributed by atoms with E-state index in [1.165, 1.54) is 4.68 Å². The van der Waals surface area contributed by atoms with Gasteiger partial charge in [-0.1, -0.05) is 64.1 Å². The Morgan fingerprint density at radius 1 is 0.871 bits per heavy atom. The summed E-state index contributed by atoms with van der Waals surface area (Å²) in [5.41, 5.74) is 2.42. The zero-order valence-corrected chi connectivity index (χ0v) is 19.1. The van der Waals surface area contributed by atoms with Crippen molar-refractivity contribution in [3.8, 4) is 17.3 Å². The molecule has 0 bridgehead atoms. The average molecular weight is 422 g/mol. The highest BCUT2D eigenvalue weighted by molar-refractivity contribution is 5.41. The van der Waals surface area contributed by atoms with Crippen LogP contribution in [0.1, 0.15) is 39.1 Å². The Labute approximate surface area is 183 Å². The summed E-state index contributed by atoms with van der Waals surface area (Å²) >= 11 is 0. The van der Waals surface area contributed by atoms with Gasteiger partial charge in [0.2, 0.25) is 5.88 Å². The van der Waals surface area contributed by atoms with Crippen LogP contribution in [0.4, 0.5) is 0 Å². The lowest BCUT2D eigenvalue weighted by atomic mass is 10.2. The fourth-order valence-electron chi connectivity index (χ4n) is 2.98. The second kappa shape index (κ2) is 11.5. The number of hydrogen-bond acceptors (Lipinski definition) is 4. The monoisotopic (exact) mass is 421 g/mol. The molecule has 4 rings (SSSR count). The van der Waals surface area contributed by atoms with Crippen molar-refractivity contribution >= 4 is 0 Å². The molecule has 2 aromatic carbocycles. The molecule has 0 spiro atoms. The minimum absolute atomic E-state index is 0.187. The average Bonchev–Trinajstić information content (AvgIpc) is 3.40. The van der Waals surface area contributed by atoms with E-state index in [9.17, 15) is 4.79 Å². The van der Waals surface area contributed by atoms with E-state index < -0.39 is 0 Å². The topological polar surface area (TPSA) is 66.9 Å². The molecular formula is C24H31N5O2. The molecule has 0 atom stereocenters. The molecule has 7 nitrogen and oxygen atoms in total. The molecule has 0 saturated heterocycles. The summed E-state index contributed by atoms with van der Waals surface area (Å²) in [6.45, 7) is 10.1. The summed E-state index contributed by atoms with van der Waals surface area (Å²) in [5.74, 6) is 1.15. The SMILES string of the molecule is CC.CC.Cc1nn(C)c(=O)n1-c1ccccc1COc1ccn(-c2ccccc2)n1. The number of rotatable bonds is 5. The standard InChI is InChI=1S/C20H19N5O2.2C2H6/c1-15-21-23(2)20(26)25(15)18-11-7-6-8-16(18)14-27-19-12-13-24(22-19)17-9-4-3-5-10-17;2*1-2/h3-13H,14H2,1-2H3;2*1-2H3. The smallest absolute Gasteiger partial charge is 0.350 e. The van der Waals surface area contributed by atoms with Crippen LogP contribution in [0.15, 0.2) is 71.7 Å². The summed E-state index contributed by atoms with van der Waals surface area (Å²) in [6, 6.07) is 19.3. The van der Waals surface area contributed by atoms with Crippen LogP contribution in [0.5, 0.6) is 5.88 Å². The van der Waals surface area contributed by atoms with E-state index in [0.29, 0.717) is 18.3 Å². The summed E-state index contributed by atoms with van der Waals surface area (Å²) in [6.07, 6.45) is 1.85. The van der Waals surface area contributed by atoms with Gasteiger partial charge in [-0.25, -0.2) is 18.7 Å². The van der Waals surface area contributed by atoms with Crippen molar-refractivity contribution < 1.29 is 4.74 Å². The van der Waals surface area contributed by atoms with Crippen LogP contribution in [0.2, 0.25) is 0 Å². The summed E-state index contributed by atoms with van der Waals surface area (Å²) < 4.78 is 10.5. The van der Waals surface area contributed by atoms with Gasteiger partial charge in [0.05, 0.1) is 11.4 Å². The quantitative estimate of drug-likeness (QED) is 0.469. The first-order valence-electron chi connectivity index (χ1n) is 10.6. The largest absolute Gasteiger partial charge is 0.472 e. The van der Waals surface area contributed by atoms with E-state index in [0.717, 1.165) is 16.9 Å². The van der Waals surface area contributed by atoms with Crippen LogP contribution in [0, 0.1) is 6.92 Å². The zero-order valence-electron chi connectivity index (χ0n) is 19.1. The number of aromatic nitrogens is 5. The van der Waals surface area contributed by atoms with Crippen LogP contribution in [0.25, 0.3) is 11.4 Å². The Kier molecular flexibility index (Phi) is 8.81. The van der Waals surface area contributed by atoms with Gasteiger partial charge in [0, 0.05) is 24.9 Å². The second-order valence-electron chi connectivity index (χ2n) is 6.14. The number of ether oxygens (including phenoxy) is 1. The van der Waals surface area contributed by atoms with E-state index in [1.807, 2.05) is 94.6 Å². The predicted octanol–water partition coefficient (Wildman–Crippen LogP) is 4.70. The van der Waals surface area contributed by atoms with Crippen molar-refractivity contribution in [1.82, 2.24) is 24.1 Å². The maximum atomic E-state index is 12.4. The van der Waals surface area contributed by atoms with Gasteiger partial charge >= 0.3 is 5.69 Å². The number of aryl methyl sites for hydroxylation is 2. The normalized spacial score (nSPS) is 9.87. The maximum Gasteiger partial charge on any atom is 0.350 e. The van der Waals surface area contributed by atoms with Crippen LogP contribution < -0.4 is 10.4 Å². The lowest BCUT2D eigenvalue weighted by Crippen LogP contribution is -2.23. The number of para-hydroxylation sites is 2. The summed E-state index contributed by atoms with van der Waals surface area (Å²) in [7, 11) is 1.64. The lowest BCUT2D eigenvalue weighted by Gasteiger charge is -2.10. The van der Waals surface area contributed by atoms with Crippen LogP contribution in [0.3, 0.4) is 0 Å². The lowest BCUT2D eigenvalue weighted by molar-refractivity contribution is 0.291. The van der Waals surface area contributed by atoms with Gasteiger partial charge in [-0.2, -0.15) is 5.10 Å². The molecule has 31 heavy (non-hydrogen) atoms. The van der Waals surface area contributed by atoms with Gasteiger partial charge in [0.1, 0.15) is 12.4 Å². The Morgan fingerprint density at radius 3 is 2.16 bits per heavy atom. The van der Waals surface area contributed by atoms with Crippen molar-refractivity contribution in [3.63, 3.8) is 0 Å². The van der Waals surface area contributed by atoms with Gasteiger partial charge in [-0.05, 0) is 25.1 Å². The molecule has 0 fully saturated rings. The molecule has 164 valence electrons. The fraction of sp³-hybridized carbons (Fsp3) is 0.292.